The maximum atomic E-state index is 10.8. The molecule has 0 saturated carbocycles. The number of carboxylic acid groups (broad SMARTS) is 1. The first-order valence-electron chi connectivity index (χ1n) is 4.61. The van der Waals surface area contributed by atoms with Crippen molar-refractivity contribution in [2.24, 2.45) is 10.9 Å². The normalized spacial score (nSPS) is 19.7. The summed E-state index contributed by atoms with van der Waals surface area (Å²) in [5, 5.41) is 11.0. The molecule has 5 heteroatoms. The molecular weight excluding hydrogens is 202 g/mol. The van der Waals surface area contributed by atoms with Crippen LogP contribution in [0.3, 0.4) is 0 Å². The van der Waals surface area contributed by atoms with Gasteiger partial charge in [0.05, 0.1) is 5.16 Å². The first-order valence-corrected chi connectivity index (χ1v) is 5.02. The Balaban J connectivity index is 2.45. The molecule has 0 aromatic carbocycles. The molecule has 1 aliphatic rings. The van der Waals surface area contributed by atoms with Gasteiger partial charge in [0.2, 0.25) is 0 Å². The summed E-state index contributed by atoms with van der Waals surface area (Å²) in [5.41, 5.74) is 0. The van der Waals surface area contributed by atoms with Crippen LogP contribution >= 0.6 is 12.2 Å². The van der Waals surface area contributed by atoms with Gasteiger partial charge in [-0.25, -0.2) is 9.79 Å². The predicted molar refractivity (Wildman–Crippen MR) is 54.6 cm³/mol. The van der Waals surface area contributed by atoms with Crippen LogP contribution in [0.4, 0.5) is 0 Å². The number of hydrogen-bond donors (Lipinski definition) is 1. The van der Waals surface area contributed by atoms with Gasteiger partial charge in [-0.3, -0.25) is 0 Å². The Bertz CT molecular complexity index is 242. The van der Waals surface area contributed by atoms with Gasteiger partial charge in [-0.15, -0.1) is 0 Å². The zero-order chi connectivity index (χ0) is 10.4. The fourth-order valence-corrected chi connectivity index (χ4v) is 1.70. The van der Waals surface area contributed by atoms with Gasteiger partial charge in [0.15, 0.2) is 6.04 Å². The highest BCUT2D eigenvalue weighted by Crippen LogP contribution is 2.21. The van der Waals surface area contributed by atoms with E-state index in [2.05, 4.69) is 22.4 Å². The predicted octanol–water partition coefficient (Wildman–Crippen LogP) is 1.36. The number of aliphatic carboxylic acids is 1. The number of hydrogen-bond acceptors (Lipinski definition) is 4. The third-order valence-corrected chi connectivity index (χ3v) is 2.50. The van der Waals surface area contributed by atoms with E-state index in [0.717, 1.165) is 26.1 Å². The molecule has 0 aromatic heterocycles. The second-order valence-corrected chi connectivity index (χ2v) is 3.55. The topological polar surface area (TPSA) is 58.9 Å². The van der Waals surface area contributed by atoms with Gasteiger partial charge in [-0.1, -0.05) is 0 Å². The summed E-state index contributed by atoms with van der Waals surface area (Å²) < 4.78 is 5.19. The van der Waals surface area contributed by atoms with E-state index >= 15 is 0 Å². The zero-order valence-electron chi connectivity index (χ0n) is 7.81. The van der Waals surface area contributed by atoms with Crippen molar-refractivity contribution < 1.29 is 14.6 Å². The van der Waals surface area contributed by atoms with Crippen LogP contribution in [0.25, 0.3) is 0 Å². The van der Waals surface area contributed by atoms with E-state index < -0.39 is 12.0 Å². The lowest BCUT2D eigenvalue weighted by Gasteiger charge is -2.22. The van der Waals surface area contributed by atoms with E-state index in [1.807, 2.05) is 0 Å². The van der Waals surface area contributed by atoms with Crippen molar-refractivity contribution >= 4 is 23.3 Å². The molecule has 1 saturated heterocycles. The molecule has 1 heterocycles. The van der Waals surface area contributed by atoms with Crippen molar-refractivity contribution in [3.05, 3.63) is 0 Å². The van der Waals surface area contributed by atoms with Crippen molar-refractivity contribution in [3.63, 3.8) is 0 Å². The summed E-state index contributed by atoms with van der Waals surface area (Å²) in [6.45, 7) is 1.44. The van der Waals surface area contributed by atoms with Crippen molar-refractivity contribution in [1.82, 2.24) is 0 Å². The Hall–Kier alpha value is -0.770. The number of ether oxygens (including phenoxy) is 1. The molecule has 0 spiro atoms. The number of carboxylic acids is 1. The van der Waals surface area contributed by atoms with Crippen molar-refractivity contribution in [2.75, 3.05) is 13.2 Å². The third-order valence-electron chi connectivity index (χ3n) is 2.39. The van der Waals surface area contributed by atoms with Gasteiger partial charge in [0.25, 0.3) is 0 Å². The van der Waals surface area contributed by atoms with Crippen LogP contribution in [0.15, 0.2) is 4.99 Å². The molecule has 14 heavy (non-hydrogen) atoms. The maximum Gasteiger partial charge on any atom is 0.329 e. The van der Waals surface area contributed by atoms with Crippen LogP contribution in [0, 0.1) is 5.92 Å². The molecule has 4 nitrogen and oxygen atoms in total. The number of thiocarbonyl (C=S) groups is 1. The average Bonchev–Trinajstić information content (AvgIpc) is 2.18. The highest BCUT2D eigenvalue weighted by atomic mass is 32.1. The van der Waals surface area contributed by atoms with Crippen LogP contribution in [0.5, 0.6) is 0 Å². The Morgan fingerprint density at radius 1 is 1.64 bits per heavy atom. The minimum absolute atomic E-state index is 0.386. The zero-order valence-corrected chi connectivity index (χ0v) is 8.63. The minimum Gasteiger partial charge on any atom is -0.480 e. The van der Waals surface area contributed by atoms with E-state index in [1.54, 1.807) is 0 Å². The fourth-order valence-electron chi connectivity index (χ4n) is 1.57. The largest absolute Gasteiger partial charge is 0.480 e. The molecular formula is C9H13NO3S. The van der Waals surface area contributed by atoms with Crippen LogP contribution in [0.1, 0.15) is 19.3 Å². The van der Waals surface area contributed by atoms with E-state index in [1.165, 1.54) is 0 Å². The van der Waals surface area contributed by atoms with E-state index in [-0.39, 0.29) is 0 Å². The van der Waals surface area contributed by atoms with Gasteiger partial charge in [-0.2, -0.15) is 0 Å². The lowest BCUT2D eigenvalue weighted by molar-refractivity contribution is -0.139. The quantitative estimate of drug-likeness (QED) is 0.568. The molecule has 78 valence electrons. The number of carbonyl (C=O) groups is 1. The smallest absolute Gasteiger partial charge is 0.329 e. The van der Waals surface area contributed by atoms with Gasteiger partial charge < -0.3 is 9.84 Å². The summed E-state index contributed by atoms with van der Waals surface area (Å²) in [6.07, 6.45) is 2.37. The lowest BCUT2D eigenvalue weighted by Crippen LogP contribution is -2.25. The maximum absolute atomic E-state index is 10.8. The SMILES string of the molecule is O=C(O)C(CC1CCOCC1)N=C=S. The second-order valence-electron chi connectivity index (χ2n) is 3.37. The Morgan fingerprint density at radius 3 is 2.79 bits per heavy atom. The Morgan fingerprint density at radius 2 is 2.29 bits per heavy atom. The van der Waals surface area contributed by atoms with Crippen LogP contribution in [0.2, 0.25) is 0 Å². The summed E-state index contributed by atoms with van der Waals surface area (Å²) in [7, 11) is 0. The van der Waals surface area contributed by atoms with Gasteiger partial charge in [0, 0.05) is 13.2 Å². The molecule has 1 rings (SSSR count). The van der Waals surface area contributed by atoms with E-state index in [0.29, 0.717) is 12.3 Å². The Kier molecular flexibility index (Phi) is 4.73. The summed E-state index contributed by atoms with van der Waals surface area (Å²) in [5.74, 6) is -0.536. The lowest BCUT2D eigenvalue weighted by atomic mass is 9.93. The molecule has 1 fully saturated rings. The molecule has 0 aromatic rings. The summed E-state index contributed by atoms with van der Waals surface area (Å²) in [4.78, 5) is 14.4. The molecule has 1 aliphatic heterocycles. The number of rotatable bonds is 4. The Labute approximate surface area is 88.0 Å². The number of nitrogens with zero attached hydrogens (tertiary/aromatic N) is 1. The molecule has 0 amide bonds. The van der Waals surface area contributed by atoms with Crippen LogP contribution in [-0.2, 0) is 9.53 Å². The van der Waals surface area contributed by atoms with Gasteiger partial charge in [-0.05, 0) is 37.4 Å². The molecule has 1 N–H and O–H groups in total. The van der Waals surface area contributed by atoms with Crippen molar-refractivity contribution in [2.45, 2.75) is 25.3 Å². The van der Waals surface area contributed by atoms with E-state index in [9.17, 15) is 4.79 Å². The molecule has 1 atom stereocenters. The van der Waals surface area contributed by atoms with E-state index in [4.69, 9.17) is 9.84 Å². The third kappa shape index (κ3) is 3.54. The summed E-state index contributed by atoms with van der Waals surface area (Å²) >= 11 is 4.41. The first-order chi connectivity index (χ1) is 6.74. The summed E-state index contributed by atoms with van der Waals surface area (Å²) in [6, 6.07) is -0.726. The molecule has 1 unspecified atom stereocenters. The van der Waals surface area contributed by atoms with Gasteiger partial charge in [0.1, 0.15) is 0 Å². The average molecular weight is 215 g/mol. The number of aliphatic imine (C=N–C) groups is 1. The fraction of sp³-hybridized carbons (Fsp3) is 0.778. The molecule has 0 bridgehead atoms. The molecule has 0 aliphatic carbocycles. The highest BCUT2D eigenvalue weighted by molar-refractivity contribution is 7.78. The van der Waals surface area contributed by atoms with Gasteiger partial charge >= 0.3 is 5.97 Å². The number of isothiocyanates is 1. The second kappa shape index (κ2) is 5.86. The van der Waals surface area contributed by atoms with Crippen LogP contribution in [-0.4, -0.2) is 35.5 Å². The van der Waals surface area contributed by atoms with Crippen molar-refractivity contribution in [3.8, 4) is 0 Å². The molecule has 0 radical (unpaired) electrons. The standard InChI is InChI=1S/C9H13NO3S/c11-9(12)8(10-6-14)5-7-1-3-13-4-2-7/h7-8H,1-5H2,(H,11,12). The van der Waals surface area contributed by atoms with Crippen LogP contribution < -0.4 is 0 Å². The minimum atomic E-state index is -0.922. The monoisotopic (exact) mass is 215 g/mol. The first kappa shape index (κ1) is 11.3. The van der Waals surface area contributed by atoms with Crippen molar-refractivity contribution in [1.29, 1.82) is 0 Å². The highest BCUT2D eigenvalue weighted by Gasteiger charge is 2.23.